The van der Waals surface area contributed by atoms with Crippen LogP contribution in [-0.4, -0.2) is 5.92 Å². The predicted molar refractivity (Wildman–Crippen MR) is 38.9 cm³/mol. The van der Waals surface area contributed by atoms with Crippen molar-refractivity contribution >= 4 is 0 Å². The minimum Gasteiger partial charge on any atom is -0.464 e. The van der Waals surface area contributed by atoms with E-state index in [0.717, 1.165) is 0 Å². The Labute approximate surface area is 68.4 Å². The number of aryl methyl sites for hydroxylation is 1. The van der Waals surface area contributed by atoms with Gasteiger partial charge in [0.15, 0.2) is 0 Å². The van der Waals surface area contributed by atoms with Gasteiger partial charge >= 0.3 is 0 Å². The zero-order valence-electron chi connectivity index (χ0n) is 6.60. The Bertz CT molecular complexity index is 321. The summed E-state index contributed by atoms with van der Waals surface area (Å²) >= 11 is 0. The van der Waals surface area contributed by atoms with Crippen molar-refractivity contribution in [3.8, 4) is 0 Å². The second-order valence-corrected chi connectivity index (χ2v) is 3.26. The molecule has 1 heterocycles. The molecule has 1 fully saturated rings. The minimum absolute atomic E-state index is 0.185. The standard InChI is InChI=1S/C8H9F2NO/c1-5-2-3-6(12-5)7(11)4-8(7,9)10/h2-3H,4,11H2,1H3. The molecular weight excluding hydrogens is 164 g/mol. The van der Waals surface area contributed by atoms with Gasteiger partial charge in [-0.2, -0.15) is 0 Å². The Morgan fingerprint density at radius 1 is 1.50 bits per heavy atom. The highest BCUT2D eigenvalue weighted by Crippen LogP contribution is 2.57. The maximum Gasteiger partial charge on any atom is 0.275 e. The van der Waals surface area contributed by atoms with Gasteiger partial charge in [-0.3, -0.25) is 0 Å². The summed E-state index contributed by atoms with van der Waals surface area (Å²) in [5.74, 6) is -2.00. The van der Waals surface area contributed by atoms with Crippen LogP contribution in [-0.2, 0) is 5.54 Å². The van der Waals surface area contributed by atoms with Gasteiger partial charge < -0.3 is 10.2 Å². The average Bonchev–Trinajstić information content (AvgIpc) is 2.37. The van der Waals surface area contributed by atoms with Crippen LogP contribution in [0.2, 0.25) is 0 Å². The summed E-state index contributed by atoms with van der Waals surface area (Å²) in [5.41, 5.74) is 3.87. The van der Waals surface area contributed by atoms with Crippen LogP contribution in [0, 0.1) is 6.92 Å². The lowest BCUT2D eigenvalue weighted by Gasteiger charge is -2.05. The normalized spacial score (nSPS) is 32.0. The zero-order valence-corrected chi connectivity index (χ0v) is 6.60. The molecule has 0 aromatic carbocycles. The minimum atomic E-state index is -2.79. The smallest absolute Gasteiger partial charge is 0.275 e. The third-order valence-corrected chi connectivity index (χ3v) is 2.21. The van der Waals surface area contributed by atoms with E-state index >= 15 is 0 Å². The topological polar surface area (TPSA) is 39.2 Å². The molecule has 0 radical (unpaired) electrons. The fourth-order valence-corrected chi connectivity index (χ4v) is 1.25. The first-order valence-electron chi connectivity index (χ1n) is 3.69. The molecule has 1 aliphatic rings. The van der Waals surface area contributed by atoms with Gasteiger partial charge in [0.25, 0.3) is 5.92 Å². The molecule has 0 bridgehead atoms. The van der Waals surface area contributed by atoms with Crippen molar-refractivity contribution < 1.29 is 13.2 Å². The molecule has 2 rings (SSSR count). The number of hydrogen-bond acceptors (Lipinski definition) is 2. The monoisotopic (exact) mass is 173 g/mol. The summed E-state index contributed by atoms with van der Waals surface area (Å²) in [6.07, 6.45) is -0.313. The van der Waals surface area contributed by atoms with E-state index in [9.17, 15) is 8.78 Å². The second-order valence-electron chi connectivity index (χ2n) is 3.26. The number of hydrogen-bond donors (Lipinski definition) is 1. The molecule has 0 spiro atoms. The van der Waals surface area contributed by atoms with Crippen LogP contribution in [0.1, 0.15) is 17.9 Å². The molecule has 0 amide bonds. The van der Waals surface area contributed by atoms with E-state index in [1.54, 1.807) is 13.0 Å². The number of rotatable bonds is 1. The van der Waals surface area contributed by atoms with E-state index in [1.807, 2.05) is 0 Å². The van der Waals surface area contributed by atoms with E-state index in [2.05, 4.69) is 0 Å². The highest BCUT2D eigenvalue weighted by atomic mass is 19.3. The van der Waals surface area contributed by atoms with Crippen LogP contribution >= 0.6 is 0 Å². The van der Waals surface area contributed by atoms with Crippen LogP contribution in [0.4, 0.5) is 8.78 Å². The third-order valence-electron chi connectivity index (χ3n) is 2.21. The zero-order chi connectivity index (χ0) is 8.98. The first-order chi connectivity index (χ1) is 5.46. The van der Waals surface area contributed by atoms with Crippen molar-refractivity contribution in [3.63, 3.8) is 0 Å². The number of alkyl halides is 2. The van der Waals surface area contributed by atoms with Gasteiger partial charge in [0.05, 0.1) is 0 Å². The molecule has 12 heavy (non-hydrogen) atoms. The molecular formula is C8H9F2NO. The van der Waals surface area contributed by atoms with Gasteiger partial charge in [-0.05, 0) is 19.1 Å². The van der Waals surface area contributed by atoms with Gasteiger partial charge in [0.2, 0.25) is 0 Å². The Balaban J connectivity index is 2.34. The lowest BCUT2D eigenvalue weighted by Crippen LogP contribution is -2.26. The lowest BCUT2D eigenvalue weighted by atomic mass is 10.2. The molecule has 1 unspecified atom stereocenters. The second kappa shape index (κ2) is 1.88. The van der Waals surface area contributed by atoms with Gasteiger partial charge in [0.1, 0.15) is 17.1 Å². The molecule has 4 heteroatoms. The largest absolute Gasteiger partial charge is 0.464 e. The number of furan rings is 1. The van der Waals surface area contributed by atoms with Crippen LogP contribution in [0.25, 0.3) is 0 Å². The molecule has 66 valence electrons. The molecule has 0 aliphatic heterocycles. The lowest BCUT2D eigenvalue weighted by molar-refractivity contribution is 0.0831. The highest BCUT2D eigenvalue weighted by molar-refractivity contribution is 5.29. The van der Waals surface area contributed by atoms with Crippen LogP contribution in [0.3, 0.4) is 0 Å². The highest BCUT2D eigenvalue weighted by Gasteiger charge is 2.71. The van der Waals surface area contributed by atoms with Gasteiger partial charge in [0, 0.05) is 6.42 Å². The molecule has 0 saturated heterocycles. The maximum atomic E-state index is 12.7. The van der Waals surface area contributed by atoms with Crippen LogP contribution in [0.15, 0.2) is 16.5 Å². The predicted octanol–water partition coefficient (Wildman–Crippen LogP) is 1.78. The maximum absolute atomic E-state index is 12.7. The van der Waals surface area contributed by atoms with E-state index in [4.69, 9.17) is 10.2 Å². The summed E-state index contributed by atoms with van der Waals surface area (Å²) < 4.78 is 30.4. The van der Waals surface area contributed by atoms with E-state index < -0.39 is 11.5 Å². The summed E-state index contributed by atoms with van der Waals surface area (Å²) in [6, 6.07) is 3.15. The Morgan fingerprint density at radius 3 is 2.42 bits per heavy atom. The molecule has 1 saturated carbocycles. The number of nitrogens with two attached hydrogens (primary N) is 1. The van der Waals surface area contributed by atoms with Crippen molar-refractivity contribution in [1.82, 2.24) is 0 Å². The van der Waals surface area contributed by atoms with Crippen molar-refractivity contribution in [2.45, 2.75) is 24.8 Å². The summed E-state index contributed by atoms with van der Waals surface area (Å²) in [6.45, 7) is 1.70. The molecule has 2 nitrogen and oxygen atoms in total. The van der Waals surface area contributed by atoms with Gasteiger partial charge in [-0.1, -0.05) is 0 Å². The molecule has 2 N–H and O–H groups in total. The first kappa shape index (κ1) is 7.73. The van der Waals surface area contributed by atoms with Crippen molar-refractivity contribution in [2.24, 2.45) is 5.73 Å². The fraction of sp³-hybridized carbons (Fsp3) is 0.500. The van der Waals surface area contributed by atoms with Crippen LogP contribution < -0.4 is 5.73 Å². The molecule has 1 aliphatic carbocycles. The van der Waals surface area contributed by atoms with E-state index in [1.165, 1.54) is 6.07 Å². The molecule has 1 aromatic rings. The van der Waals surface area contributed by atoms with Crippen molar-refractivity contribution in [3.05, 3.63) is 23.7 Å². The summed E-state index contributed by atoms with van der Waals surface area (Å²) in [7, 11) is 0. The number of halogens is 2. The van der Waals surface area contributed by atoms with Crippen LogP contribution in [0.5, 0.6) is 0 Å². The van der Waals surface area contributed by atoms with E-state index in [-0.39, 0.29) is 12.2 Å². The molecule has 1 atom stereocenters. The van der Waals surface area contributed by atoms with Gasteiger partial charge in [-0.25, -0.2) is 8.78 Å². The third kappa shape index (κ3) is 0.813. The fourth-order valence-electron chi connectivity index (χ4n) is 1.25. The molecule has 1 aromatic heterocycles. The Morgan fingerprint density at radius 2 is 2.08 bits per heavy atom. The van der Waals surface area contributed by atoms with Crippen molar-refractivity contribution in [2.75, 3.05) is 0 Å². The SMILES string of the molecule is Cc1ccc(C2(N)CC2(F)F)o1. The summed E-state index contributed by atoms with van der Waals surface area (Å²) in [4.78, 5) is 0. The summed E-state index contributed by atoms with van der Waals surface area (Å²) in [5, 5.41) is 0. The quantitative estimate of drug-likeness (QED) is 0.703. The van der Waals surface area contributed by atoms with E-state index in [0.29, 0.717) is 5.76 Å². The Hall–Kier alpha value is -0.900. The average molecular weight is 173 g/mol. The Kier molecular flexibility index (Phi) is 1.21. The van der Waals surface area contributed by atoms with Gasteiger partial charge in [-0.15, -0.1) is 0 Å². The van der Waals surface area contributed by atoms with Crippen molar-refractivity contribution in [1.29, 1.82) is 0 Å². The first-order valence-corrected chi connectivity index (χ1v) is 3.69.